The van der Waals surface area contributed by atoms with E-state index in [9.17, 15) is 13.2 Å². The van der Waals surface area contributed by atoms with Crippen LogP contribution in [0.2, 0.25) is 0 Å². The summed E-state index contributed by atoms with van der Waals surface area (Å²) in [6.45, 7) is 4.08. The van der Waals surface area contributed by atoms with Crippen LogP contribution in [0.4, 0.5) is 0 Å². The zero-order valence-corrected chi connectivity index (χ0v) is 9.87. The summed E-state index contributed by atoms with van der Waals surface area (Å²) in [7, 11) is -3.79. The maximum absolute atomic E-state index is 11.4. The van der Waals surface area contributed by atoms with E-state index in [0.29, 0.717) is 0 Å². The second-order valence-electron chi connectivity index (χ2n) is 3.79. The molecule has 1 aromatic heterocycles. The van der Waals surface area contributed by atoms with Gasteiger partial charge in [0.25, 0.3) is 0 Å². The predicted octanol–water partition coefficient (Wildman–Crippen LogP) is 0.475. The topological polar surface area (TPSA) is 102 Å². The number of nitrogens with two attached hydrogens (primary N) is 1. The number of hydrogen-bond donors (Lipinski definition) is 2. The SMILES string of the molecule is CC(C)COC(=O)c1cc(S(N)(=O)=O)c[nH]1. The lowest BCUT2D eigenvalue weighted by Crippen LogP contribution is -2.12. The number of nitrogens with one attached hydrogen (secondary N) is 1. The number of ether oxygens (including phenoxy) is 1. The van der Waals surface area contributed by atoms with Crippen molar-refractivity contribution in [2.75, 3.05) is 6.61 Å². The van der Waals surface area contributed by atoms with E-state index in [1.807, 2.05) is 13.8 Å². The molecule has 0 aliphatic rings. The molecule has 0 saturated carbocycles. The van der Waals surface area contributed by atoms with Crippen molar-refractivity contribution < 1.29 is 17.9 Å². The van der Waals surface area contributed by atoms with Crippen molar-refractivity contribution in [1.82, 2.24) is 4.98 Å². The van der Waals surface area contributed by atoms with E-state index in [1.54, 1.807) is 0 Å². The van der Waals surface area contributed by atoms with Crippen LogP contribution in [-0.2, 0) is 14.8 Å². The summed E-state index contributed by atoms with van der Waals surface area (Å²) < 4.78 is 26.8. The van der Waals surface area contributed by atoms with Crippen LogP contribution in [0.15, 0.2) is 17.2 Å². The lowest BCUT2D eigenvalue weighted by molar-refractivity contribution is 0.0453. The maximum Gasteiger partial charge on any atom is 0.354 e. The summed E-state index contributed by atoms with van der Waals surface area (Å²) in [6.07, 6.45) is 1.15. The number of hydrogen-bond acceptors (Lipinski definition) is 4. The van der Waals surface area contributed by atoms with Gasteiger partial charge in [-0.1, -0.05) is 13.8 Å². The smallest absolute Gasteiger partial charge is 0.354 e. The molecule has 3 N–H and O–H groups in total. The molecule has 0 radical (unpaired) electrons. The van der Waals surface area contributed by atoms with Gasteiger partial charge < -0.3 is 9.72 Å². The fraction of sp³-hybridized carbons (Fsp3) is 0.444. The van der Waals surface area contributed by atoms with Gasteiger partial charge in [0.05, 0.1) is 6.61 Å². The Morgan fingerprint density at radius 1 is 1.56 bits per heavy atom. The first kappa shape index (κ1) is 12.7. The van der Waals surface area contributed by atoms with E-state index >= 15 is 0 Å². The van der Waals surface area contributed by atoms with Gasteiger partial charge in [-0.15, -0.1) is 0 Å². The van der Waals surface area contributed by atoms with Crippen molar-refractivity contribution in [2.45, 2.75) is 18.7 Å². The third kappa shape index (κ3) is 3.35. The fourth-order valence-corrected chi connectivity index (χ4v) is 1.48. The molecule has 16 heavy (non-hydrogen) atoms. The van der Waals surface area contributed by atoms with Crippen LogP contribution in [0.1, 0.15) is 24.3 Å². The number of carbonyl (C=O) groups is 1. The Hall–Kier alpha value is -1.34. The maximum atomic E-state index is 11.4. The van der Waals surface area contributed by atoms with E-state index in [0.717, 1.165) is 12.3 Å². The molecule has 0 atom stereocenters. The van der Waals surface area contributed by atoms with Crippen LogP contribution in [0.3, 0.4) is 0 Å². The van der Waals surface area contributed by atoms with Crippen LogP contribution in [-0.4, -0.2) is 26.0 Å². The van der Waals surface area contributed by atoms with Crippen LogP contribution in [0.25, 0.3) is 0 Å². The zero-order valence-electron chi connectivity index (χ0n) is 9.06. The Bertz CT molecular complexity index is 475. The molecular formula is C9H14N2O4S. The highest BCUT2D eigenvalue weighted by Gasteiger charge is 2.15. The molecule has 0 unspecified atom stereocenters. The quantitative estimate of drug-likeness (QED) is 0.754. The summed E-state index contributed by atoms with van der Waals surface area (Å²) in [5, 5.41) is 4.89. The van der Waals surface area contributed by atoms with Crippen molar-refractivity contribution in [3.8, 4) is 0 Å². The minimum atomic E-state index is -3.79. The van der Waals surface area contributed by atoms with Gasteiger partial charge in [-0.3, -0.25) is 0 Å². The van der Waals surface area contributed by atoms with Crippen molar-refractivity contribution in [2.24, 2.45) is 11.1 Å². The van der Waals surface area contributed by atoms with Crippen LogP contribution < -0.4 is 5.14 Å². The molecule has 0 fully saturated rings. The normalized spacial score (nSPS) is 11.8. The second-order valence-corrected chi connectivity index (χ2v) is 5.35. The second kappa shape index (κ2) is 4.67. The summed E-state index contributed by atoms with van der Waals surface area (Å²) >= 11 is 0. The third-order valence-electron chi connectivity index (χ3n) is 1.75. The summed E-state index contributed by atoms with van der Waals surface area (Å²) in [5.74, 6) is -0.375. The average Bonchev–Trinajstić information content (AvgIpc) is 2.61. The van der Waals surface area contributed by atoms with Gasteiger partial charge in [0.1, 0.15) is 10.6 Å². The molecular weight excluding hydrogens is 232 g/mol. The monoisotopic (exact) mass is 246 g/mol. The van der Waals surface area contributed by atoms with Gasteiger partial charge in [0.15, 0.2) is 0 Å². The number of carbonyl (C=O) groups excluding carboxylic acids is 1. The summed E-state index contributed by atoms with van der Waals surface area (Å²) in [5.41, 5.74) is 0.0738. The molecule has 1 aromatic rings. The lowest BCUT2D eigenvalue weighted by atomic mass is 10.2. The Balaban J connectivity index is 2.75. The van der Waals surface area contributed by atoms with Crippen LogP contribution in [0.5, 0.6) is 0 Å². The molecule has 1 heterocycles. The predicted molar refractivity (Wildman–Crippen MR) is 57.3 cm³/mol. The summed E-state index contributed by atoms with van der Waals surface area (Å²) in [6, 6.07) is 1.15. The largest absolute Gasteiger partial charge is 0.461 e. The first-order valence-corrected chi connectivity index (χ1v) is 6.23. The number of rotatable bonds is 4. The first-order valence-electron chi connectivity index (χ1n) is 4.69. The van der Waals surface area contributed by atoms with Crippen molar-refractivity contribution in [3.05, 3.63) is 18.0 Å². The van der Waals surface area contributed by atoms with Crippen molar-refractivity contribution in [3.63, 3.8) is 0 Å². The Labute approximate surface area is 93.8 Å². The molecule has 0 spiro atoms. The van der Waals surface area contributed by atoms with E-state index in [-0.39, 0.29) is 23.1 Å². The highest BCUT2D eigenvalue weighted by Crippen LogP contribution is 2.10. The van der Waals surface area contributed by atoms with Gasteiger partial charge in [-0.25, -0.2) is 18.4 Å². The number of aromatic amines is 1. The molecule has 0 aliphatic heterocycles. The number of H-pyrrole nitrogens is 1. The van der Waals surface area contributed by atoms with Crippen molar-refractivity contribution in [1.29, 1.82) is 0 Å². The molecule has 0 saturated heterocycles. The molecule has 0 bridgehead atoms. The van der Waals surface area contributed by atoms with Gasteiger partial charge in [0, 0.05) is 6.20 Å². The van der Waals surface area contributed by atoms with Gasteiger partial charge >= 0.3 is 5.97 Å². The highest BCUT2D eigenvalue weighted by atomic mass is 32.2. The average molecular weight is 246 g/mol. The van der Waals surface area contributed by atoms with Gasteiger partial charge in [-0.05, 0) is 12.0 Å². The Morgan fingerprint density at radius 2 is 2.19 bits per heavy atom. The number of primary sulfonamides is 1. The molecule has 6 nitrogen and oxygen atoms in total. The van der Waals surface area contributed by atoms with E-state index < -0.39 is 16.0 Å². The van der Waals surface area contributed by atoms with Crippen LogP contribution in [0, 0.1) is 5.92 Å². The molecule has 0 aromatic carbocycles. The van der Waals surface area contributed by atoms with Crippen molar-refractivity contribution >= 4 is 16.0 Å². The zero-order chi connectivity index (χ0) is 12.3. The fourth-order valence-electron chi connectivity index (χ4n) is 0.977. The highest BCUT2D eigenvalue weighted by molar-refractivity contribution is 7.89. The van der Waals surface area contributed by atoms with Gasteiger partial charge in [-0.2, -0.15) is 0 Å². The molecule has 7 heteroatoms. The summed E-state index contributed by atoms with van der Waals surface area (Å²) in [4.78, 5) is 13.8. The Kier molecular flexibility index (Phi) is 3.71. The number of esters is 1. The van der Waals surface area contributed by atoms with Crippen LogP contribution >= 0.6 is 0 Å². The minimum absolute atomic E-state index is 0.0738. The molecule has 0 amide bonds. The number of sulfonamides is 1. The van der Waals surface area contributed by atoms with Gasteiger partial charge in [0.2, 0.25) is 10.0 Å². The first-order chi connectivity index (χ1) is 7.30. The molecule has 90 valence electrons. The Morgan fingerprint density at radius 3 is 2.62 bits per heavy atom. The third-order valence-corrected chi connectivity index (χ3v) is 2.65. The van der Waals surface area contributed by atoms with E-state index in [1.165, 1.54) is 0 Å². The lowest BCUT2D eigenvalue weighted by Gasteiger charge is -2.05. The van der Waals surface area contributed by atoms with E-state index in [2.05, 4.69) is 4.98 Å². The van der Waals surface area contributed by atoms with E-state index in [4.69, 9.17) is 9.88 Å². The molecule has 1 rings (SSSR count). The standard InChI is InChI=1S/C9H14N2O4S/c1-6(2)5-15-9(12)8-3-7(4-11-8)16(10,13)14/h3-4,6,11H,5H2,1-2H3,(H2,10,13,14). The number of aromatic nitrogens is 1. The molecule has 0 aliphatic carbocycles. The minimum Gasteiger partial charge on any atom is -0.461 e.